The van der Waals surface area contributed by atoms with Crippen molar-refractivity contribution in [3.63, 3.8) is 0 Å². The van der Waals surface area contributed by atoms with Crippen molar-refractivity contribution in [2.75, 3.05) is 0 Å². The minimum absolute atomic E-state index is 0.00760. The van der Waals surface area contributed by atoms with Gasteiger partial charge in [-0.25, -0.2) is 4.98 Å². The molecule has 0 fully saturated rings. The van der Waals surface area contributed by atoms with Crippen molar-refractivity contribution in [3.8, 4) is 11.3 Å². The summed E-state index contributed by atoms with van der Waals surface area (Å²) >= 11 is 0. The highest BCUT2D eigenvalue weighted by Crippen LogP contribution is 2.14. The van der Waals surface area contributed by atoms with Crippen molar-refractivity contribution < 1.29 is 0 Å². The summed E-state index contributed by atoms with van der Waals surface area (Å²) in [6, 6.07) is 11.5. The fourth-order valence-corrected chi connectivity index (χ4v) is 1.70. The molecule has 2 aromatic rings. The van der Waals surface area contributed by atoms with E-state index in [9.17, 15) is 4.79 Å². The predicted octanol–water partition coefficient (Wildman–Crippen LogP) is 2.88. The molecular formula is C14H16N2O. The first kappa shape index (κ1) is 11.6. The molecule has 0 spiro atoms. The van der Waals surface area contributed by atoms with Gasteiger partial charge in [-0.15, -0.1) is 0 Å². The first-order chi connectivity index (χ1) is 8.22. The van der Waals surface area contributed by atoms with Crippen molar-refractivity contribution in [2.45, 2.75) is 26.3 Å². The molecule has 0 amide bonds. The van der Waals surface area contributed by atoms with E-state index in [4.69, 9.17) is 0 Å². The smallest absolute Gasteiger partial charge is 0.254 e. The summed E-state index contributed by atoms with van der Waals surface area (Å²) in [6.45, 7) is 4.08. The zero-order valence-corrected chi connectivity index (χ0v) is 10.1. The van der Waals surface area contributed by atoms with Crippen LogP contribution in [0.15, 0.2) is 47.5 Å². The van der Waals surface area contributed by atoms with Crippen LogP contribution in [0, 0.1) is 0 Å². The van der Waals surface area contributed by atoms with Crippen LogP contribution in [-0.4, -0.2) is 9.55 Å². The molecule has 0 saturated carbocycles. The highest BCUT2D eigenvalue weighted by molar-refractivity contribution is 5.57. The number of hydrogen-bond acceptors (Lipinski definition) is 2. The molecule has 88 valence electrons. The highest BCUT2D eigenvalue weighted by Gasteiger charge is 2.06. The Morgan fingerprint density at radius 2 is 2.00 bits per heavy atom. The standard InChI is InChI=1S/C14H16N2O/c1-3-11(2)16-10-15-13(9-14(16)17)12-7-5-4-6-8-12/h4-11H,3H2,1-2H3/t11-/m1/s1. The van der Waals surface area contributed by atoms with Crippen LogP contribution in [0.1, 0.15) is 26.3 Å². The van der Waals surface area contributed by atoms with Crippen molar-refractivity contribution in [1.82, 2.24) is 9.55 Å². The number of rotatable bonds is 3. The van der Waals surface area contributed by atoms with Gasteiger partial charge in [0.05, 0.1) is 12.0 Å². The molecule has 0 radical (unpaired) electrons. The molecule has 17 heavy (non-hydrogen) atoms. The summed E-state index contributed by atoms with van der Waals surface area (Å²) in [7, 11) is 0. The summed E-state index contributed by atoms with van der Waals surface area (Å²) in [6.07, 6.45) is 2.56. The number of hydrogen-bond donors (Lipinski definition) is 0. The summed E-state index contributed by atoms with van der Waals surface area (Å²) in [5.41, 5.74) is 1.71. The maximum absolute atomic E-state index is 11.9. The topological polar surface area (TPSA) is 34.9 Å². The van der Waals surface area contributed by atoms with Crippen LogP contribution in [0.25, 0.3) is 11.3 Å². The normalized spacial score (nSPS) is 12.4. The molecule has 3 heteroatoms. The summed E-state index contributed by atoms with van der Waals surface area (Å²) < 4.78 is 1.67. The third kappa shape index (κ3) is 2.44. The van der Waals surface area contributed by atoms with E-state index >= 15 is 0 Å². The number of aromatic nitrogens is 2. The lowest BCUT2D eigenvalue weighted by Gasteiger charge is -2.12. The Bertz CT molecular complexity index is 546. The van der Waals surface area contributed by atoms with Gasteiger partial charge in [-0.1, -0.05) is 37.3 Å². The zero-order chi connectivity index (χ0) is 12.3. The first-order valence-electron chi connectivity index (χ1n) is 5.86. The third-order valence-electron chi connectivity index (χ3n) is 2.97. The second-order valence-corrected chi connectivity index (χ2v) is 4.14. The van der Waals surface area contributed by atoms with E-state index in [0.29, 0.717) is 0 Å². The van der Waals surface area contributed by atoms with Crippen LogP contribution in [0.2, 0.25) is 0 Å². The monoisotopic (exact) mass is 228 g/mol. The first-order valence-corrected chi connectivity index (χ1v) is 5.86. The largest absolute Gasteiger partial charge is 0.296 e. The molecule has 2 rings (SSSR count). The molecule has 3 nitrogen and oxygen atoms in total. The second-order valence-electron chi connectivity index (χ2n) is 4.14. The minimum Gasteiger partial charge on any atom is -0.296 e. The molecule has 1 atom stereocenters. The molecular weight excluding hydrogens is 212 g/mol. The Labute approximate surface area is 101 Å². The molecule has 0 aliphatic rings. The zero-order valence-electron chi connectivity index (χ0n) is 10.1. The molecule has 0 saturated heterocycles. The van der Waals surface area contributed by atoms with Gasteiger partial charge in [0.1, 0.15) is 0 Å². The molecule has 1 aromatic carbocycles. The van der Waals surface area contributed by atoms with Crippen molar-refractivity contribution >= 4 is 0 Å². The van der Waals surface area contributed by atoms with E-state index in [1.54, 1.807) is 17.0 Å². The van der Waals surface area contributed by atoms with Gasteiger partial charge in [-0.2, -0.15) is 0 Å². The van der Waals surface area contributed by atoms with Crippen LogP contribution < -0.4 is 5.56 Å². The SMILES string of the molecule is CC[C@@H](C)n1cnc(-c2ccccc2)cc1=O. The van der Waals surface area contributed by atoms with Crippen LogP contribution in [0.5, 0.6) is 0 Å². The van der Waals surface area contributed by atoms with Gasteiger partial charge >= 0.3 is 0 Å². The van der Waals surface area contributed by atoms with E-state index in [1.165, 1.54) is 0 Å². The molecule has 0 bridgehead atoms. The van der Waals surface area contributed by atoms with E-state index < -0.39 is 0 Å². The van der Waals surface area contributed by atoms with E-state index in [1.807, 2.05) is 37.3 Å². The summed E-state index contributed by atoms with van der Waals surface area (Å²) in [5, 5.41) is 0. The maximum Gasteiger partial charge on any atom is 0.254 e. The van der Waals surface area contributed by atoms with Gasteiger partial charge in [0.25, 0.3) is 5.56 Å². The number of benzene rings is 1. The summed E-state index contributed by atoms with van der Waals surface area (Å²) in [5.74, 6) is 0. The Morgan fingerprint density at radius 1 is 1.29 bits per heavy atom. The van der Waals surface area contributed by atoms with Crippen LogP contribution in [0.3, 0.4) is 0 Å². The van der Waals surface area contributed by atoms with Gasteiger partial charge in [0.2, 0.25) is 0 Å². The Hall–Kier alpha value is -1.90. The summed E-state index contributed by atoms with van der Waals surface area (Å²) in [4.78, 5) is 16.3. The lowest BCUT2D eigenvalue weighted by molar-refractivity contribution is 0.507. The average Bonchev–Trinajstić information content (AvgIpc) is 2.39. The lowest BCUT2D eigenvalue weighted by atomic mass is 10.1. The van der Waals surface area contributed by atoms with Gasteiger partial charge in [-0.05, 0) is 13.3 Å². The van der Waals surface area contributed by atoms with Crippen LogP contribution in [-0.2, 0) is 0 Å². The fraction of sp³-hybridized carbons (Fsp3) is 0.286. The van der Waals surface area contributed by atoms with Crippen molar-refractivity contribution in [3.05, 3.63) is 53.1 Å². The second kappa shape index (κ2) is 4.95. The maximum atomic E-state index is 11.9. The average molecular weight is 228 g/mol. The molecule has 0 aliphatic heterocycles. The Balaban J connectivity index is 2.42. The van der Waals surface area contributed by atoms with Gasteiger partial charge in [0.15, 0.2) is 0 Å². The van der Waals surface area contributed by atoms with Crippen LogP contribution in [0.4, 0.5) is 0 Å². The minimum atomic E-state index is 0.00760. The van der Waals surface area contributed by atoms with Gasteiger partial charge in [-0.3, -0.25) is 9.36 Å². The van der Waals surface area contributed by atoms with Crippen molar-refractivity contribution in [2.24, 2.45) is 0 Å². The fourth-order valence-electron chi connectivity index (χ4n) is 1.70. The van der Waals surface area contributed by atoms with Gasteiger partial charge in [0, 0.05) is 17.7 Å². The number of nitrogens with zero attached hydrogens (tertiary/aromatic N) is 2. The lowest BCUT2D eigenvalue weighted by Crippen LogP contribution is -2.22. The van der Waals surface area contributed by atoms with Crippen molar-refractivity contribution in [1.29, 1.82) is 0 Å². The predicted molar refractivity (Wildman–Crippen MR) is 68.9 cm³/mol. The molecule has 0 N–H and O–H groups in total. The third-order valence-corrected chi connectivity index (χ3v) is 2.97. The molecule has 1 aromatic heterocycles. The Morgan fingerprint density at radius 3 is 2.59 bits per heavy atom. The van der Waals surface area contributed by atoms with E-state index in [-0.39, 0.29) is 11.6 Å². The van der Waals surface area contributed by atoms with E-state index in [2.05, 4.69) is 11.9 Å². The van der Waals surface area contributed by atoms with E-state index in [0.717, 1.165) is 17.7 Å². The molecule has 1 heterocycles. The van der Waals surface area contributed by atoms with Crippen LogP contribution >= 0.6 is 0 Å². The van der Waals surface area contributed by atoms with Gasteiger partial charge < -0.3 is 0 Å². The molecule has 0 aliphatic carbocycles. The Kier molecular flexibility index (Phi) is 3.38. The molecule has 0 unspecified atom stereocenters. The quantitative estimate of drug-likeness (QED) is 0.809. The highest BCUT2D eigenvalue weighted by atomic mass is 16.1.